The Morgan fingerprint density at radius 2 is 1.95 bits per heavy atom. The molecule has 0 spiro atoms. The van der Waals surface area contributed by atoms with Crippen LogP contribution in [0.5, 0.6) is 5.88 Å². The van der Waals surface area contributed by atoms with E-state index in [1.165, 1.54) is 32.1 Å². The van der Waals surface area contributed by atoms with Gasteiger partial charge >= 0.3 is 6.18 Å². The van der Waals surface area contributed by atoms with E-state index in [2.05, 4.69) is 51.4 Å². The van der Waals surface area contributed by atoms with Gasteiger partial charge in [0, 0.05) is 36.8 Å². The summed E-state index contributed by atoms with van der Waals surface area (Å²) >= 11 is 1.85. The van der Waals surface area contributed by atoms with Crippen molar-refractivity contribution in [3.05, 3.63) is 12.3 Å². The van der Waals surface area contributed by atoms with E-state index < -0.39 is 11.6 Å². The van der Waals surface area contributed by atoms with Gasteiger partial charge in [0.25, 0.3) is 0 Å². The van der Waals surface area contributed by atoms with Gasteiger partial charge in [-0.3, -0.25) is 24.9 Å². The lowest BCUT2D eigenvalue weighted by Gasteiger charge is -2.47. The third kappa shape index (κ3) is 6.78. The van der Waals surface area contributed by atoms with E-state index in [-0.39, 0.29) is 43.7 Å². The molecule has 0 amide bonds. The second-order valence-electron chi connectivity index (χ2n) is 14.3. The average Bonchev–Trinajstić information content (AvgIpc) is 3.49. The fourth-order valence-corrected chi connectivity index (χ4v) is 8.82. The fraction of sp³-hybridized carbons (Fsp3) is 0.900. The van der Waals surface area contributed by atoms with Crippen LogP contribution in [0.15, 0.2) is 12.3 Å². The van der Waals surface area contributed by atoms with Crippen LogP contribution in [0.2, 0.25) is 0 Å². The molecule has 1 aromatic rings. The van der Waals surface area contributed by atoms with Crippen LogP contribution in [-0.4, -0.2) is 70.3 Å². The standard InChI is InChI=1S/C30H50F3N7OS/c1-20-6-9-25-37-26(20)34-14-4-5-21-17-28(2,3)39(19-21)27-22(18-35-42-25)7-8-23(36-27)40-15-10-24(38-40)41-16-13-29(11-12-29)30(31,32)33/h10,15,20-23,25-27,34-37H,4-9,11-14,16-19H2,1-3H3. The molecule has 12 heteroatoms. The maximum absolute atomic E-state index is 13.3. The summed E-state index contributed by atoms with van der Waals surface area (Å²) in [5.74, 6) is 2.18. The predicted molar refractivity (Wildman–Crippen MR) is 160 cm³/mol. The summed E-state index contributed by atoms with van der Waals surface area (Å²) in [5.41, 5.74) is -1.45. The first-order valence-electron chi connectivity index (χ1n) is 16.2. The third-order valence-electron chi connectivity index (χ3n) is 10.7. The van der Waals surface area contributed by atoms with E-state index in [0.717, 1.165) is 32.5 Å². The second-order valence-corrected chi connectivity index (χ2v) is 15.4. The van der Waals surface area contributed by atoms with Crippen molar-refractivity contribution in [1.29, 1.82) is 0 Å². The molecule has 4 saturated heterocycles. The maximum Gasteiger partial charge on any atom is 0.394 e. The molecule has 1 aliphatic carbocycles. The normalized spacial score (nSPS) is 38.6. The molecule has 1 aromatic heterocycles. The predicted octanol–water partition coefficient (Wildman–Crippen LogP) is 5.21. The van der Waals surface area contributed by atoms with Crippen molar-refractivity contribution in [2.24, 2.45) is 23.2 Å². The molecule has 4 aliphatic heterocycles. The highest BCUT2D eigenvalue weighted by Crippen LogP contribution is 2.59. The molecule has 8 unspecified atom stereocenters. The van der Waals surface area contributed by atoms with Gasteiger partial charge in [0.15, 0.2) is 0 Å². The molecule has 42 heavy (non-hydrogen) atoms. The van der Waals surface area contributed by atoms with Crippen LogP contribution in [-0.2, 0) is 0 Å². The molecule has 4 N–H and O–H groups in total. The molecule has 0 aromatic carbocycles. The Bertz CT molecular complexity index is 1050. The van der Waals surface area contributed by atoms with Crippen molar-refractivity contribution in [3.8, 4) is 5.88 Å². The van der Waals surface area contributed by atoms with Crippen LogP contribution in [0.25, 0.3) is 0 Å². The zero-order valence-corrected chi connectivity index (χ0v) is 26.2. The smallest absolute Gasteiger partial charge is 0.394 e. The molecule has 5 aliphatic rings. The van der Waals surface area contributed by atoms with Crippen LogP contribution in [0, 0.1) is 23.2 Å². The van der Waals surface area contributed by atoms with Crippen LogP contribution < -0.4 is 25.4 Å². The number of rotatable bonds is 5. The lowest BCUT2D eigenvalue weighted by Crippen LogP contribution is -2.60. The summed E-state index contributed by atoms with van der Waals surface area (Å²) in [5, 5.41) is 16.7. The summed E-state index contributed by atoms with van der Waals surface area (Å²) < 4.78 is 51.3. The van der Waals surface area contributed by atoms with Gasteiger partial charge < -0.3 is 10.1 Å². The minimum Gasteiger partial charge on any atom is -0.477 e. The number of hydrogen-bond acceptors (Lipinski definition) is 8. The van der Waals surface area contributed by atoms with Crippen molar-refractivity contribution in [3.63, 3.8) is 0 Å². The number of fused-ring (bicyclic) bond motifs is 6. The summed E-state index contributed by atoms with van der Waals surface area (Å²) in [6, 6.07) is 1.78. The summed E-state index contributed by atoms with van der Waals surface area (Å²) in [6.45, 7) is 10.3. The molecule has 8 atom stereocenters. The monoisotopic (exact) mass is 613 g/mol. The highest BCUT2D eigenvalue weighted by atomic mass is 32.2. The molecular formula is C30H50F3N7OS. The average molecular weight is 614 g/mol. The Morgan fingerprint density at radius 1 is 1.12 bits per heavy atom. The van der Waals surface area contributed by atoms with Crippen LogP contribution in [0.4, 0.5) is 13.2 Å². The molecule has 6 rings (SSSR count). The second kappa shape index (κ2) is 12.4. The molecule has 4 bridgehead atoms. The van der Waals surface area contributed by atoms with Crippen LogP contribution in [0.1, 0.15) is 91.1 Å². The molecule has 5 heterocycles. The number of hydrogen-bond donors (Lipinski definition) is 4. The molecule has 0 radical (unpaired) electrons. The number of nitrogens with one attached hydrogen (secondary N) is 4. The number of halogens is 3. The van der Waals surface area contributed by atoms with E-state index in [9.17, 15) is 13.2 Å². The van der Waals surface area contributed by atoms with Gasteiger partial charge in [-0.1, -0.05) is 18.9 Å². The number of nitrogens with zero attached hydrogens (tertiary/aromatic N) is 3. The summed E-state index contributed by atoms with van der Waals surface area (Å²) in [7, 11) is 0. The largest absolute Gasteiger partial charge is 0.477 e. The van der Waals surface area contributed by atoms with Gasteiger partial charge in [-0.05, 0) is 96.4 Å². The zero-order chi connectivity index (χ0) is 29.5. The Morgan fingerprint density at radius 3 is 2.74 bits per heavy atom. The van der Waals surface area contributed by atoms with Gasteiger partial charge in [0.05, 0.1) is 29.7 Å². The first kappa shape index (κ1) is 31.0. The van der Waals surface area contributed by atoms with Crippen molar-refractivity contribution in [2.45, 2.75) is 121 Å². The molecular weight excluding hydrogens is 563 g/mol. The van der Waals surface area contributed by atoms with Gasteiger partial charge in [-0.25, -0.2) is 0 Å². The van der Waals surface area contributed by atoms with Gasteiger partial charge in [-0.15, -0.1) is 5.10 Å². The highest BCUT2D eigenvalue weighted by molar-refractivity contribution is 7.98. The van der Waals surface area contributed by atoms with Crippen LogP contribution >= 0.6 is 11.9 Å². The van der Waals surface area contributed by atoms with Crippen LogP contribution in [0.3, 0.4) is 0 Å². The number of aromatic nitrogens is 2. The molecule has 8 nitrogen and oxygen atoms in total. The quantitative estimate of drug-likeness (QED) is 0.337. The van der Waals surface area contributed by atoms with Gasteiger partial charge in [0.2, 0.25) is 5.88 Å². The van der Waals surface area contributed by atoms with Crippen molar-refractivity contribution in [1.82, 2.24) is 35.4 Å². The van der Waals surface area contributed by atoms with E-state index in [1.807, 2.05) is 22.8 Å². The molecule has 1 saturated carbocycles. The minimum absolute atomic E-state index is 0.00284. The summed E-state index contributed by atoms with van der Waals surface area (Å²) in [4.78, 5) is 2.71. The topological polar surface area (TPSA) is 78.4 Å². The lowest BCUT2D eigenvalue weighted by molar-refractivity contribution is -0.190. The van der Waals surface area contributed by atoms with Crippen molar-refractivity contribution in [2.75, 3.05) is 26.2 Å². The van der Waals surface area contributed by atoms with E-state index in [4.69, 9.17) is 4.74 Å². The van der Waals surface area contributed by atoms with E-state index in [1.54, 1.807) is 6.07 Å². The highest BCUT2D eigenvalue weighted by Gasteiger charge is 2.62. The fourth-order valence-electron chi connectivity index (χ4n) is 7.84. The van der Waals surface area contributed by atoms with Crippen molar-refractivity contribution < 1.29 is 17.9 Å². The first-order chi connectivity index (χ1) is 20.0. The lowest BCUT2D eigenvalue weighted by atomic mass is 9.90. The third-order valence-corrected chi connectivity index (χ3v) is 11.7. The number of ether oxygens (including phenoxy) is 1. The maximum atomic E-state index is 13.3. The molecule has 238 valence electrons. The number of piperidine rings is 2. The summed E-state index contributed by atoms with van der Waals surface area (Å²) in [6.07, 6.45) is 6.82. The van der Waals surface area contributed by atoms with Crippen molar-refractivity contribution >= 4 is 11.9 Å². The van der Waals surface area contributed by atoms with E-state index in [0.29, 0.717) is 35.2 Å². The zero-order valence-electron chi connectivity index (χ0n) is 25.4. The Hall–Kier alpha value is -1.05. The SMILES string of the molecule is CC1CCC2NC1NCCCC1CN(C3NC(n4ccc(OCCC5(C(F)(F)F)CC5)n4)CCC3CNS2)C(C)(C)C1. The van der Waals surface area contributed by atoms with Gasteiger partial charge in [0.1, 0.15) is 6.17 Å². The Kier molecular flexibility index (Phi) is 9.13. The Labute approximate surface area is 253 Å². The first-order valence-corrected chi connectivity index (χ1v) is 17.1. The van der Waals surface area contributed by atoms with E-state index >= 15 is 0 Å². The Balaban J connectivity index is 1.12. The minimum atomic E-state index is -4.15. The molecule has 5 fully saturated rings. The van der Waals surface area contributed by atoms with Gasteiger partial charge in [-0.2, -0.15) is 13.2 Å². The number of alkyl halides is 3.